The van der Waals surface area contributed by atoms with E-state index in [0.29, 0.717) is 12.0 Å². The Morgan fingerprint density at radius 1 is 1.21 bits per heavy atom. The first kappa shape index (κ1) is 14.2. The van der Waals surface area contributed by atoms with Gasteiger partial charge in [0.05, 0.1) is 20.3 Å². The monoisotopic (exact) mass is 265 g/mol. The topological polar surface area (TPSA) is 39.7 Å². The first-order valence-electron chi connectivity index (χ1n) is 6.77. The molecule has 1 heterocycles. The van der Waals surface area contributed by atoms with Crippen molar-refractivity contribution in [1.82, 2.24) is 5.32 Å². The Morgan fingerprint density at radius 3 is 2.42 bits per heavy atom. The van der Waals surface area contributed by atoms with Crippen molar-refractivity contribution in [3.63, 3.8) is 0 Å². The predicted molar refractivity (Wildman–Crippen MR) is 74.8 cm³/mol. The maximum atomic E-state index is 5.56. The Bertz CT molecular complexity index is 386. The van der Waals surface area contributed by atoms with E-state index in [4.69, 9.17) is 14.2 Å². The molecule has 1 saturated heterocycles. The molecule has 0 spiro atoms. The van der Waals surface area contributed by atoms with E-state index in [-0.39, 0.29) is 0 Å². The van der Waals surface area contributed by atoms with Crippen LogP contribution in [0.5, 0.6) is 11.5 Å². The summed E-state index contributed by atoms with van der Waals surface area (Å²) in [5, 5.41) is 3.49. The zero-order valence-corrected chi connectivity index (χ0v) is 11.9. The van der Waals surface area contributed by atoms with E-state index >= 15 is 0 Å². The van der Waals surface area contributed by atoms with Crippen LogP contribution >= 0.6 is 0 Å². The maximum absolute atomic E-state index is 5.56. The Balaban J connectivity index is 1.88. The van der Waals surface area contributed by atoms with Gasteiger partial charge in [-0.05, 0) is 37.0 Å². The fraction of sp³-hybridized carbons (Fsp3) is 0.600. The lowest BCUT2D eigenvalue weighted by molar-refractivity contribution is 0.105. The van der Waals surface area contributed by atoms with Crippen LogP contribution in [0.1, 0.15) is 18.9 Å². The molecule has 4 heteroatoms. The van der Waals surface area contributed by atoms with Crippen molar-refractivity contribution in [2.75, 3.05) is 27.4 Å². The number of rotatable bonds is 6. The summed E-state index contributed by atoms with van der Waals surface area (Å²) >= 11 is 0. The van der Waals surface area contributed by atoms with Crippen LogP contribution in [0, 0.1) is 5.92 Å². The largest absolute Gasteiger partial charge is 0.497 e. The number of benzene rings is 1. The average Bonchev–Trinajstić information content (AvgIpc) is 2.84. The van der Waals surface area contributed by atoms with Crippen LogP contribution in [0.3, 0.4) is 0 Å². The van der Waals surface area contributed by atoms with E-state index in [9.17, 15) is 0 Å². The molecule has 106 valence electrons. The molecule has 2 atom stereocenters. The highest BCUT2D eigenvalue weighted by Crippen LogP contribution is 2.23. The van der Waals surface area contributed by atoms with Crippen LogP contribution in [0.15, 0.2) is 18.2 Å². The smallest absolute Gasteiger partial charge is 0.122 e. The van der Waals surface area contributed by atoms with E-state index in [1.165, 1.54) is 5.56 Å². The molecule has 0 aromatic heterocycles. The molecule has 1 aliphatic heterocycles. The zero-order valence-electron chi connectivity index (χ0n) is 11.9. The summed E-state index contributed by atoms with van der Waals surface area (Å²) in [5.41, 5.74) is 1.17. The standard InChI is InChI=1S/C15H23NO3/c1-11-13(4-5-19-11)10-16-9-12-6-14(17-2)8-15(7-12)18-3/h6-8,11,13,16H,4-5,9-10H2,1-3H3. The molecule has 1 N–H and O–H groups in total. The minimum Gasteiger partial charge on any atom is -0.497 e. The second-order valence-corrected chi connectivity index (χ2v) is 4.98. The summed E-state index contributed by atoms with van der Waals surface area (Å²) in [6.07, 6.45) is 1.52. The first-order valence-corrected chi connectivity index (χ1v) is 6.77. The summed E-state index contributed by atoms with van der Waals surface area (Å²) in [4.78, 5) is 0. The van der Waals surface area contributed by atoms with Gasteiger partial charge in [-0.2, -0.15) is 0 Å². The Labute approximate surface area is 115 Å². The summed E-state index contributed by atoms with van der Waals surface area (Å²) in [5.74, 6) is 2.27. The lowest BCUT2D eigenvalue weighted by Gasteiger charge is -2.15. The van der Waals surface area contributed by atoms with E-state index in [2.05, 4.69) is 12.2 Å². The third kappa shape index (κ3) is 3.85. The fourth-order valence-electron chi connectivity index (χ4n) is 2.41. The van der Waals surface area contributed by atoms with Gasteiger partial charge in [0, 0.05) is 25.8 Å². The molecule has 0 amide bonds. The molecule has 4 nitrogen and oxygen atoms in total. The zero-order chi connectivity index (χ0) is 13.7. The molecule has 2 unspecified atom stereocenters. The average molecular weight is 265 g/mol. The Morgan fingerprint density at radius 2 is 1.89 bits per heavy atom. The molecule has 1 aromatic rings. The van der Waals surface area contributed by atoms with Crippen LogP contribution in [0.2, 0.25) is 0 Å². The third-order valence-electron chi connectivity index (χ3n) is 3.68. The van der Waals surface area contributed by atoms with Gasteiger partial charge in [0.15, 0.2) is 0 Å². The molecular weight excluding hydrogens is 242 g/mol. The van der Waals surface area contributed by atoms with Gasteiger partial charge in [-0.25, -0.2) is 0 Å². The summed E-state index contributed by atoms with van der Waals surface area (Å²) in [6, 6.07) is 5.95. The van der Waals surface area contributed by atoms with Crippen molar-refractivity contribution >= 4 is 0 Å². The second-order valence-electron chi connectivity index (χ2n) is 4.98. The lowest BCUT2D eigenvalue weighted by Crippen LogP contribution is -2.26. The molecule has 0 radical (unpaired) electrons. The highest BCUT2D eigenvalue weighted by atomic mass is 16.5. The highest BCUT2D eigenvalue weighted by Gasteiger charge is 2.23. The summed E-state index contributed by atoms with van der Waals surface area (Å²) in [7, 11) is 3.34. The summed E-state index contributed by atoms with van der Waals surface area (Å²) in [6.45, 7) is 4.84. The second kappa shape index (κ2) is 6.78. The number of ether oxygens (including phenoxy) is 3. The van der Waals surface area contributed by atoms with Crippen molar-refractivity contribution in [1.29, 1.82) is 0 Å². The molecule has 1 aromatic carbocycles. The molecule has 1 aliphatic rings. The van der Waals surface area contributed by atoms with Crippen molar-refractivity contribution in [3.8, 4) is 11.5 Å². The van der Waals surface area contributed by atoms with Gasteiger partial charge in [-0.3, -0.25) is 0 Å². The Hall–Kier alpha value is -1.26. The van der Waals surface area contributed by atoms with Gasteiger partial charge in [0.2, 0.25) is 0 Å². The van der Waals surface area contributed by atoms with Crippen LogP contribution in [0.4, 0.5) is 0 Å². The minimum atomic E-state index is 0.368. The number of methoxy groups -OCH3 is 2. The number of nitrogens with one attached hydrogen (secondary N) is 1. The van der Waals surface area contributed by atoms with Gasteiger partial charge in [0.1, 0.15) is 11.5 Å². The van der Waals surface area contributed by atoms with Gasteiger partial charge < -0.3 is 19.5 Å². The highest BCUT2D eigenvalue weighted by molar-refractivity contribution is 5.38. The van der Waals surface area contributed by atoms with Gasteiger partial charge in [-0.15, -0.1) is 0 Å². The molecule has 19 heavy (non-hydrogen) atoms. The molecule has 0 bridgehead atoms. The van der Waals surface area contributed by atoms with Gasteiger partial charge in [0.25, 0.3) is 0 Å². The quantitative estimate of drug-likeness (QED) is 0.856. The van der Waals surface area contributed by atoms with Crippen LogP contribution in [-0.4, -0.2) is 33.5 Å². The van der Waals surface area contributed by atoms with E-state index in [1.54, 1.807) is 14.2 Å². The molecule has 0 aliphatic carbocycles. The van der Waals surface area contributed by atoms with E-state index < -0.39 is 0 Å². The number of hydrogen-bond acceptors (Lipinski definition) is 4. The van der Waals surface area contributed by atoms with E-state index in [1.807, 2.05) is 18.2 Å². The SMILES string of the molecule is COc1cc(CNCC2CCOC2C)cc(OC)c1. The molecule has 0 saturated carbocycles. The molecular formula is C15H23NO3. The first-order chi connectivity index (χ1) is 9.22. The maximum Gasteiger partial charge on any atom is 0.122 e. The summed E-state index contributed by atoms with van der Waals surface area (Å²) < 4.78 is 16.1. The fourth-order valence-corrected chi connectivity index (χ4v) is 2.41. The van der Waals surface area contributed by atoms with E-state index in [0.717, 1.165) is 37.6 Å². The molecule has 2 rings (SSSR count). The van der Waals surface area contributed by atoms with Crippen molar-refractivity contribution in [2.24, 2.45) is 5.92 Å². The predicted octanol–water partition coefficient (Wildman–Crippen LogP) is 2.22. The van der Waals surface area contributed by atoms with Crippen LogP contribution in [-0.2, 0) is 11.3 Å². The molecule has 1 fully saturated rings. The lowest BCUT2D eigenvalue weighted by atomic mass is 10.0. The van der Waals surface area contributed by atoms with Crippen molar-refractivity contribution in [2.45, 2.75) is 26.0 Å². The minimum absolute atomic E-state index is 0.368. The van der Waals surface area contributed by atoms with Crippen LogP contribution < -0.4 is 14.8 Å². The van der Waals surface area contributed by atoms with Gasteiger partial charge >= 0.3 is 0 Å². The third-order valence-corrected chi connectivity index (χ3v) is 3.68. The number of hydrogen-bond donors (Lipinski definition) is 1. The normalized spacial score (nSPS) is 22.5. The van der Waals surface area contributed by atoms with Crippen molar-refractivity contribution < 1.29 is 14.2 Å². The van der Waals surface area contributed by atoms with Crippen LogP contribution in [0.25, 0.3) is 0 Å². The van der Waals surface area contributed by atoms with Gasteiger partial charge in [-0.1, -0.05) is 0 Å². The van der Waals surface area contributed by atoms with Crippen molar-refractivity contribution in [3.05, 3.63) is 23.8 Å². The Kier molecular flexibility index (Phi) is 5.05.